The Bertz CT molecular complexity index is 812. The molecule has 3 heterocycles. The van der Waals surface area contributed by atoms with Gasteiger partial charge in [-0.1, -0.05) is 6.92 Å². The van der Waals surface area contributed by atoms with E-state index in [1.807, 2.05) is 0 Å². The molecule has 15 atom stereocenters. The van der Waals surface area contributed by atoms with Crippen molar-refractivity contribution in [3.63, 3.8) is 0 Å². The van der Waals surface area contributed by atoms with Crippen LogP contribution in [0.5, 0.6) is 0 Å². The van der Waals surface area contributed by atoms with Crippen LogP contribution in [0.15, 0.2) is 0 Å². The van der Waals surface area contributed by atoms with Crippen LogP contribution in [0.2, 0.25) is 0 Å². The average molecular weight is 592 g/mol. The van der Waals surface area contributed by atoms with Gasteiger partial charge in [-0.05, 0) is 0 Å². The molecule has 19 nitrogen and oxygen atoms in total. The molecule has 3 aliphatic heterocycles. The molecule has 0 aromatic heterocycles. The molecule has 0 aromatic rings. The van der Waals surface area contributed by atoms with E-state index in [9.17, 15) is 51.1 Å². The fourth-order valence-electron chi connectivity index (χ4n) is 4.65. The Morgan fingerprint density at radius 3 is 1.77 bits per heavy atom. The van der Waals surface area contributed by atoms with Gasteiger partial charge in [-0.3, -0.25) is 4.74 Å². The van der Waals surface area contributed by atoms with E-state index in [0.29, 0.717) is 0 Å². The Balaban J connectivity index is 1.79. The van der Waals surface area contributed by atoms with Crippen LogP contribution in [0.1, 0.15) is 13.3 Å². The molecule has 0 bridgehead atoms. The minimum Gasteiger partial charge on any atom is -0.394 e. The lowest BCUT2D eigenvalue weighted by molar-refractivity contribution is -0.482. The molecular formula is C21H41N3O16. The van der Waals surface area contributed by atoms with Crippen molar-refractivity contribution in [3.05, 3.63) is 0 Å². The molecule has 40 heavy (non-hydrogen) atoms. The Kier molecular flexibility index (Phi) is 11.2. The maximum atomic E-state index is 11.0. The second-order valence-electron chi connectivity index (χ2n) is 9.98. The Morgan fingerprint density at radius 2 is 1.25 bits per heavy atom. The van der Waals surface area contributed by atoms with Gasteiger partial charge in [-0.15, -0.1) is 0 Å². The van der Waals surface area contributed by atoms with Gasteiger partial charge in [-0.2, -0.15) is 0 Å². The molecule has 236 valence electrons. The first-order chi connectivity index (χ1) is 18.7. The van der Waals surface area contributed by atoms with Gasteiger partial charge in [0, 0.05) is 6.42 Å². The van der Waals surface area contributed by atoms with Crippen LogP contribution in [0, 0.1) is 0 Å². The highest BCUT2D eigenvalue weighted by Gasteiger charge is 2.59. The van der Waals surface area contributed by atoms with Gasteiger partial charge < -0.3 is 92.0 Å². The molecule has 16 N–H and O–H groups in total. The van der Waals surface area contributed by atoms with Gasteiger partial charge in [0.15, 0.2) is 18.9 Å². The van der Waals surface area contributed by atoms with Crippen molar-refractivity contribution in [1.29, 1.82) is 0 Å². The van der Waals surface area contributed by atoms with E-state index < -0.39 is 124 Å². The first-order valence-electron chi connectivity index (χ1n) is 12.6. The zero-order chi connectivity index (χ0) is 30.2. The molecule has 3 rings (SSSR count). The third kappa shape index (κ3) is 6.58. The molecule has 2 unspecified atom stereocenters. The molecule has 0 spiro atoms. The van der Waals surface area contributed by atoms with Crippen LogP contribution in [0.4, 0.5) is 0 Å². The van der Waals surface area contributed by atoms with Crippen LogP contribution in [-0.2, 0) is 28.4 Å². The lowest BCUT2D eigenvalue weighted by Gasteiger charge is -2.51. The molecule has 3 fully saturated rings. The van der Waals surface area contributed by atoms with E-state index in [-0.39, 0.29) is 0 Å². The summed E-state index contributed by atoms with van der Waals surface area (Å²) in [6, 6.07) is -4.34. The lowest BCUT2D eigenvalue weighted by atomic mass is 9.93. The molecular weight excluding hydrogens is 550 g/mol. The van der Waals surface area contributed by atoms with Gasteiger partial charge >= 0.3 is 0 Å². The van der Waals surface area contributed by atoms with E-state index >= 15 is 0 Å². The van der Waals surface area contributed by atoms with Crippen LogP contribution in [0.3, 0.4) is 0 Å². The normalized spacial score (nSPS) is 48.8. The number of aliphatic hydroxyl groups excluding tert-OH is 8. The fourth-order valence-corrected chi connectivity index (χ4v) is 4.65. The predicted octanol–water partition coefficient (Wildman–Crippen LogP) is -8.28. The third-order valence-electron chi connectivity index (χ3n) is 7.22. The Hall–Kier alpha value is -0.760. The summed E-state index contributed by atoms with van der Waals surface area (Å²) in [7, 11) is 0. The highest BCUT2D eigenvalue weighted by atomic mass is 16.9. The molecule has 0 radical (unpaired) electrons. The smallest absolute Gasteiger partial charge is 0.280 e. The van der Waals surface area contributed by atoms with Crippen molar-refractivity contribution < 1.29 is 79.5 Å². The van der Waals surface area contributed by atoms with Crippen molar-refractivity contribution >= 4 is 0 Å². The summed E-state index contributed by atoms with van der Waals surface area (Å²) < 4.78 is 32.5. The van der Waals surface area contributed by atoms with E-state index in [0.717, 1.165) is 0 Å². The van der Waals surface area contributed by atoms with E-state index in [1.54, 1.807) is 0 Å². The van der Waals surface area contributed by atoms with Gasteiger partial charge in [0.1, 0.15) is 55.4 Å². The number of hydrogen-bond donors (Lipinski definition) is 13. The van der Waals surface area contributed by atoms with Gasteiger partial charge in [0.25, 0.3) is 5.97 Å². The standard InChI is InChI=1S/C21H41N3O16/c1-2-21(33,34)40-20(5-27)16(31)13(30)10(24)19(39-20)38-15-7(4-26)36-18(9(23)12(15)29)37-14-6(3-25)35-17(32)8(22)11(14)28/h6-19,25-34H,2-5,22-24H2,1H3/t6-,7-,8-,9-,10-,11-,12-,13-,14?,15?,16+,17-,18+,19+,20-/m1/s1. The van der Waals surface area contributed by atoms with E-state index in [1.165, 1.54) is 6.92 Å². The first kappa shape index (κ1) is 33.7. The number of ether oxygens (including phenoxy) is 6. The molecule has 3 aliphatic rings. The minimum atomic E-state index is -2.91. The van der Waals surface area contributed by atoms with Crippen LogP contribution >= 0.6 is 0 Å². The zero-order valence-electron chi connectivity index (χ0n) is 21.6. The number of nitrogens with two attached hydrogens (primary N) is 3. The first-order valence-corrected chi connectivity index (χ1v) is 12.6. The van der Waals surface area contributed by atoms with Gasteiger partial charge in [-0.25, -0.2) is 0 Å². The number of rotatable bonds is 10. The van der Waals surface area contributed by atoms with Crippen molar-refractivity contribution in [2.75, 3.05) is 19.8 Å². The van der Waals surface area contributed by atoms with E-state index in [4.69, 9.17) is 45.6 Å². The quantitative estimate of drug-likeness (QED) is 0.105. The Labute approximate surface area is 228 Å². The lowest BCUT2D eigenvalue weighted by Crippen LogP contribution is -2.73. The van der Waals surface area contributed by atoms with Crippen molar-refractivity contribution in [2.24, 2.45) is 17.2 Å². The van der Waals surface area contributed by atoms with Gasteiger partial charge in [0.05, 0.1) is 31.3 Å². The monoisotopic (exact) mass is 591 g/mol. The average Bonchev–Trinajstić information content (AvgIpc) is 2.93. The topological polar surface area (TPSA) is 336 Å². The van der Waals surface area contributed by atoms with Crippen molar-refractivity contribution in [2.45, 2.75) is 111 Å². The predicted molar refractivity (Wildman–Crippen MR) is 125 cm³/mol. The second kappa shape index (κ2) is 13.3. The zero-order valence-corrected chi connectivity index (χ0v) is 21.6. The molecule has 0 aromatic carbocycles. The summed E-state index contributed by atoms with van der Waals surface area (Å²) in [4.78, 5) is 0. The maximum absolute atomic E-state index is 11.0. The number of hydrogen-bond acceptors (Lipinski definition) is 19. The Morgan fingerprint density at radius 1 is 0.750 bits per heavy atom. The summed E-state index contributed by atoms with van der Waals surface area (Å²) in [6.45, 7) is -1.43. The minimum absolute atomic E-state index is 0.446. The summed E-state index contributed by atoms with van der Waals surface area (Å²) in [5, 5.41) is 102. The van der Waals surface area contributed by atoms with Gasteiger partial charge in [0.2, 0.25) is 5.79 Å². The second-order valence-corrected chi connectivity index (χ2v) is 9.98. The summed E-state index contributed by atoms with van der Waals surface area (Å²) in [6.07, 6.45) is -18.3. The molecule has 19 heteroatoms. The summed E-state index contributed by atoms with van der Waals surface area (Å²) in [5.41, 5.74) is 17.7. The summed E-state index contributed by atoms with van der Waals surface area (Å²) >= 11 is 0. The molecule has 0 aliphatic carbocycles. The van der Waals surface area contributed by atoms with Crippen LogP contribution in [0.25, 0.3) is 0 Å². The number of aliphatic hydroxyl groups is 10. The van der Waals surface area contributed by atoms with Crippen LogP contribution in [-0.4, -0.2) is 168 Å². The highest BCUT2D eigenvalue weighted by Crippen LogP contribution is 2.36. The third-order valence-corrected chi connectivity index (χ3v) is 7.22. The highest BCUT2D eigenvalue weighted by molar-refractivity contribution is 5.00. The summed E-state index contributed by atoms with van der Waals surface area (Å²) in [5.74, 6) is -5.57. The van der Waals surface area contributed by atoms with E-state index in [2.05, 4.69) is 0 Å². The van der Waals surface area contributed by atoms with Crippen molar-refractivity contribution in [1.82, 2.24) is 0 Å². The molecule has 0 amide bonds. The maximum Gasteiger partial charge on any atom is 0.280 e. The molecule has 3 saturated heterocycles. The molecule has 0 saturated carbocycles. The largest absolute Gasteiger partial charge is 0.394 e. The SMILES string of the molecule is CCC(O)(O)O[C@@]1(CO)O[C@H](OC2[C@@H](CO)O[C@@H](OC3[C@@H](CO)O[C@@H](O)[C@H](N)[C@H]3O)[C@H](N)[C@H]2O)[C@H](N)[C@@H](O)[C@@H]1O. The van der Waals surface area contributed by atoms with Crippen molar-refractivity contribution in [3.8, 4) is 0 Å². The fraction of sp³-hybridized carbons (Fsp3) is 1.00. The van der Waals surface area contributed by atoms with Crippen LogP contribution < -0.4 is 17.2 Å².